The maximum absolute atomic E-state index is 10.4. The number of unbranched alkanes of at least 4 members (excludes halogenated alkanes) is 14. The first-order chi connectivity index (χ1) is 21.9. The third-order valence-electron chi connectivity index (χ3n) is 8.26. The Morgan fingerprint density at radius 1 is 0.822 bits per heavy atom. The van der Waals surface area contributed by atoms with E-state index in [1.165, 1.54) is 108 Å². The van der Waals surface area contributed by atoms with Crippen molar-refractivity contribution in [3.05, 3.63) is 46.9 Å². The van der Waals surface area contributed by atoms with Crippen molar-refractivity contribution in [3.8, 4) is 0 Å². The van der Waals surface area contributed by atoms with Gasteiger partial charge in [0, 0.05) is 25.6 Å². The fourth-order valence-electron chi connectivity index (χ4n) is 5.47. The van der Waals surface area contributed by atoms with Crippen molar-refractivity contribution in [1.29, 1.82) is 0 Å². The van der Waals surface area contributed by atoms with Gasteiger partial charge in [0.05, 0.1) is 36.2 Å². The number of rotatable bonds is 25. The van der Waals surface area contributed by atoms with Crippen LogP contribution in [0.4, 0.5) is 0 Å². The van der Waals surface area contributed by atoms with Gasteiger partial charge in [-0.05, 0) is 44.7 Å². The standard InChI is InChI=1S/C29H54NO3S.C7H8O3S/c1-2-3-4-5-6-7-8-9-10-11-13-16-20-31-24-28-23-29(33-25-28)26-32-21-17-14-12-15-18-30-19-22-34-27-30;1-6-2-4-7(5-3-6)11(8,9)10/h19,22,27-29H,2-18,20-21,23-26H2,1H3;2-5H,1H3,(H,8,9,10)/q+1;/p-1/t28-,29-;/m0./s1. The SMILES string of the molecule is CCCCCCCCCCCCCCOC[C@H]1CO[C@H](COCCCCCC[n+]2ccsc2)C1.Cc1ccc(S(=O)(=O)[O-])cc1. The Morgan fingerprint density at radius 2 is 1.38 bits per heavy atom. The summed E-state index contributed by atoms with van der Waals surface area (Å²) in [6.07, 6.45) is 25.2. The topological polar surface area (TPSA) is 88.8 Å². The van der Waals surface area contributed by atoms with Crippen LogP contribution in [0.1, 0.15) is 122 Å². The first-order valence-corrected chi connectivity index (χ1v) is 19.9. The van der Waals surface area contributed by atoms with Gasteiger partial charge in [0.2, 0.25) is 5.51 Å². The molecule has 7 nitrogen and oxygen atoms in total. The predicted molar refractivity (Wildman–Crippen MR) is 183 cm³/mol. The Balaban J connectivity index is 0.000000537. The molecule has 0 bridgehead atoms. The van der Waals surface area contributed by atoms with Gasteiger partial charge in [-0.2, -0.15) is 4.57 Å². The van der Waals surface area contributed by atoms with Gasteiger partial charge in [-0.3, -0.25) is 0 Å². The Labute approximate surface area is 278 Å². The van der Waals surface area contributed by atoms with Gasteiger partial charge in [0.25, 0.3) is 0 Å². The number of benzene rings is 1. The quantitative estimate of drug-likeness (QED) is 0.0598. The molecule has 2 atom stereocenters. The number of thiazole rings is 1. The highest BCUT2D eigenvalue weighted by atomic mass is 32.2. The van der Waals surface area contributed by atoms with E-state index in [0.29, 0.717) is 5.92 Å². The number of hydrogen-bond donors (Lipinski definition) is 0. The molecule has 1 aromatic carbocycles. The molecule has 0 spiro atoms. The molecule has 0 aliphatic carbocycles. The van der Waals surface area contributed by atoms with Crippen LogP contribution in [0.2, 0.25) is 0 Å². The Kier molecular flexibility index (Phi) is 22.7. The van der Waals surface area contributed by atoms with Crippen molar-refractivity contribution >= 4 is 21.5 Å². The zero-order valence-electron chi connectivity index (χ0n) is 28.2. The first-order valence-electron chi connectivity index (χ1n) is 17.6. The molecular formula is C36H61NO6S2. The lowest BCUT2D eigenvalue weighted by Gasteiger charge is -2.11. The Morgan fingerprint density at radius 3 is 1.93 bits per heavy atom. The molecule has 0 radical (unpaired) electrons. The van der Waals surface area contributed by atoms with Crippen molar-refractivity contribution in [1.82, 2.24) is 0 Å². The molecule has 2 aromatic rings. The van der Waals surface area contributed by atoms with Crippen LogP contribution < -0.4 is 4.57 Å². The Bertz CT molecular complexity index is 1050. The largest absolute Gasteiger partial charge is 0.744 e. The van der Waals surface area contributed by atoms with E-state index in [0.717, 1.165) is 58.0 Å². The minimum atomic E-state index is -4.27. The van der Waals surface area contributed by atoms with Crippen molar-refractivity contribution < 1.29 is 31.7 Å². The fraction of sp³-hybridized carbons (Fsp3) is 0.750. The minimum Gasteiger partial charge on any atom is -0.744 e. The first kappa shape index (κ1) is 39.8. The summed E-state index contributed by atoms with van der Waals surface area (Å²) < 4.78 is 51.2. The third-order valence-corrected chi connectivity index (χ3v) is 9.78. The summed E-state index contributed by atoms with van der Waals surface area (Å²) >= 11 is 1.76. The van der Waals surface area contributed by atoms with Crippen molar-refractivity contribution in [2.45, 2.75) is 141 Å². The molecule has 9 heteroatoms. The molecular weight excluding hydrogens is 607 g/mol. The number of ether oxygens (including phenoxy) is 3. The molecule has 0 N–H and O–H groups in total. The summed E-state index contributed by atoms with van der Waals surface area (Å²) in [5.74, 6) is 0.556. The molecule has 3 rings (SSSR count). The van der Waals surface area contributed by atoms with Gasteiger partial charge in [0.1, 0.15) is 16.7 Å². The van der Waals surface area contributed by atoms with Gasteiger partial charge in [-0.25, -0.2) is 8.42 Å². The van der Waals surface area contributed by atoms with Crippen LogP contribution >= 0.6 is 11.3 Å². The highest BCUT2D eigenvalue weighted by Crippen LogP contribution is 2.20. The van der Waals surface area contributed by atoms with E-state index in [4.69, 9.17) is 14.2 Å². The van der Waals surface area contributed by atoms with E-state index >= 15 is 0 Å². The minimum absolute atomic E-state index is 0.178. The lowest BCUT2D eigenvalue weighted by atomic mass is 10.1. The predicted octanol–water partition coefficient (Wildman–Crippen LogP) is 8.63. The number of hydrogen-bond acceptors (Lipinski definition) is 7. The van der Waals surface area contributed by atoms with E-state index in [1.54, 1.807) is 23.5 Å². The maximum Gasteiger partial charge on any atom is 0.224 e. The second kappa shape index (κ2) is 25.7. The number of aryl methyl sites for hydroxylation is 2. The molecule has 1 aliphatic rings. The average molecular weight is 668 g/mol. The van der Waals surface area contributed by atoms with Crippen molar-refractivity contribution in [2.24, 2.45) is 5.92 Å². The van der Waals surface area contributed by atoms with Gasteiger partial charge in [0.15, 0.2) is 6.20 Å². The van der Waals surface area contributed by atoms with Gasteiger partial charge in [-0.1, -0.05) is 113 Å². The van der Waals surface area contributed by atoms with Crippen LogP contribution in [0.25, 0.3) is 0 Å². The van der Waals surface area contributed by atoms with E-state index in [-0.39, 0.29) is 11.0 Å². The zero-order valence-corrected chi connectivity index (χ0v) is 29.8. The average Bonchev–Trinajstić information content (AvgIpc) is 3.71. The highest BCUT2D eigenvalue weighted by Gasteiger charge is 2.25. The molecule has 45 heavy (non-hydrogen) atoms. The van der Waals surface area contributed by atoms with E-state index in [9.17, 15) is 13.0 Å². The fourth-order valence-corrected chi connectivity index (χ4v) is 6.57. The summed E-state index contributed by atoms with van der Waals surface area (Å²) in [7, 11) is -4.27. The second-order valence-electron chi connectivity index (χ2n) is 12.5. The van der Waals surface area contributed by atoms with Gasteiger partial charge in [-0.15, -0.1) is 0 Å². The Hall–Kier alpha value is -1.36. The molecule has 0 unspecified atom stereocenters. The maximum atomic E-state index is 10.4. The number of nitrogens with zero attached hydrogens (tertiary/aromatic N) is 1. The summed E-state index contributed by atoms with van der Waals surface area (Å²) in [6.45, 7) is 9.48. The molecule has 1 fully saturated rings. The summed E-state index contributed by atoms with van der Waals surface area (Å²) in [4.78, 5) is -0.178. The van der Waals surface area contributed by atoms with Crippen LogP contribution in [0.15, 0.2) is 46.2 Å². The molecule has 0 amide bonds. The molecule has 258 valence electrons. The molecule has 1 aliphatic heterocycles. The summed E-state index contributed by atoms with van der Waals surface area (Å²) in [6, 6.07) is 5.78. The normalized spacial score (nSPS) is 16.5. The van der Waals surface area contributed by atoms with Gasteiger partial charge >= 0.3 is 0 Å². The monoisotopic (exact) mass is 667 g/mol. The summed E-state index contributed by atoms with van der Waals surface area (Å²) in [5.41, 5.74) is 3.11. The van der Waals surface area contributed by atoms with Crippen LogP contribution in [0.3, 0.4) is 0 Å². The second-order valence-corrected chi connectivity index (χ2v) is 14.7. The van der Waals surface area contributed by atoms with E-state index < -0.39 is 10.1 Å². The molecule has 0 saturated carbocycles. The highest BCUT2D eigenvalue weighted by molar-refractivity contribution is 7.85. The zero-order chi connectivity index (χ0) is 32.4. The van der Waals surface area contributed by atoms with Gasteiger partial charge < -0.3 is 18.8 Å². The molecule has 1 aromatic heterocycles. The van der Waals surface area contributed by atoms with Crippen LogP contribution in [0, 0.1) is 12.8 Å². The lowest BCUT2D eigenvalue weighted by molar-refractivity contribution is -0.692. The smallest absolute Gasteiger partial charge is 0.224 e. The lowest BCUT2D eigenvalue weighted by Crippen LogP contribution is -2.29. The van der Waals surface area contributed by atoms with E-state index in [2.05, 4.69) is 28.6 Å². The van der Waals surface area contributed by atoms with E-state index in [1.807, 2.05) is 6.92 Å². The van der Waals surface area contributed by atoms with Crippen molar-refractivity contribution in [2.75, 3.05) is 33.0 Å². The summed E-state index contributed by atoms with van der Waals surface area (Å²) in [5, 5.41) is 2.13. The van der Waals surface area contributed by atoms with Crippen LogP contribution in [0.5, 0.6) is 0 Å². The molecule has 2 heterocycles. The van der Waals surface area contributed by atoms with Crippen molar-refractivity contribution in [3.63, 3.8) is 0 Å². The third kappa shape index (κ3) is 21.2. The van der Waals surface area contributed by atoms with Crippen LogP contribution in [-0.2, 0) is 30.9 Å². The molecule has 1 saturated heterocycles. The number of aromatic nitrogens is 1. The van der Waals surface area contributed by atoms with Crippen LogP contribution in [-0.4, -0.2) is 52.1 Å².